The third-order valence-electron chi connectivity index (χ3n) is 3.00. The van der Waals surface area contributed by atoms with Crippen LogP contribution < -0.4 is 10.6 Å². The molecule has 22 heavy (non-hydrogen) atoms. The minimum atomic E-state index is -0.610. The van der Waals surface area contributed by atoms with Crippen molar-refractivity contribution in [2.24, 2.45) is 0 Å². The molecule has 0 saturated carbocycles. The van der Waals surface area contributed by atoms with Crippen LogP contribution in [0.3, 0.4) is 0 Å². The summed E-state index contributed by atoms with van der Waals surface area (Å²) in [6.45, 7) is 0. The molecule has 2 heterocycles. The van der Waals surface area contributed by atoms with E-state index < -0.39 is 16.9 Å². The van der Waals surface area contributed by atoms with E-state index in [1.807, 2.05) is 0 Å². The minimum Gasteiger partial charge on any atom is -0.456 e. The maximum atomic E-state index is 11.4. The van der Waals surface area contributed by atoms with Gasteiger partial charge in [0, 0.05) is 12.1 Å². The molecule has 110 valence electrons. The molecule has 3 rings (SSSR count). The highest BCUT2D eigenvalue weighted by molar-refractivity contribution is 6.13. The third-order valence-corrected chi connectivity index (χ3v) is 3.00. The summed E-state index contributed by atoms with van der Waals surface area (Å²) in [5, 5.41) is 15.4. The van der Waals surface area contributed by atoms with Gasteiger partial charge in [-0.15, -0.1) is 0 Å². The van der Waals surface area contributed by atoms with Crippen molar-refractivity contribution >= 4 is 23.7 Å². The van der Waals surface area contributed by atoms with Gasteiger partial charge < -0.3 is 9.73 Å². The fourth-order valence-electron chi connectivity index (χ4n) is 2.04. The number of nitrogens with zero attached hydrogens (tertiary/aromatic N) is 1. The first-order valence-corrected chi connectivity index (χ1v) is 6.22. The van der Waals surface area contributed by atoms with Crippen molar-refractivity contribution in [3.63, 3.8) is 0 Å². The lowest BCUT2D eigenvalue weighted by Crippen LogP contribution is -2.22. The maximum Gasteiger partial charge on any atom is 0.326 e. The molecule has 0 radical (unpaired) electrons. The van der Waals surface area contributed by atoms with Crippen molar-refractivity contribution in [3.05, 3.63) is 58.0 Å². The summed E-state index contributed by atoms with van der Waals surface area (Å²) >= 11 is 0. The van der Waals surface area contributed by atoms with Crippen molar-refractivity contribution in [2.75, 3.05) is 0 Å². The molecule has 1 aliphatic rings. The molecule has 2 aromatic rings. The van der Waals surface area contributed by atoms with Crippen LogP contribution in [0.1, 0.15) is 5.76 Å². The van der Waals surface area contributed by atoms with Crippen molar-refractivity contribution in [1.29, 1.82) is 0 Å². The Kier molecular flexibility index (Phi) is 3.18. The zero-order valence-corrected chi connectivity index (χ0v) is 11.0. The Labute approximate surface area is 123 Å². The minimum absolute atomic E-state index is 0.0495. The average Bonchev–Trinajstić information content (AvgIpc) is 3.06. The van der Waals surface area contributed by atoms with Gasteiger partial charge in [-0.1, -0.05) is 12.1 Å². The van der Waals surface area contributed by atoms with E-state index in [2.05, 4.69) is 10.6 Å². The van der Waals surface area contributed by atoms with Crippen molar-refractivity contribution in [2.45, 2.75) is 0 Å². The molecular formula is C14H9N3O5. The van der Waals surface area contributed by atoms with Gasteiger partial charge in [0.25, 0.3) is 11.6 Å². The standard InChI is InChI=1S/C14H9N3O5/c18-13-10(15-14(19)16-13)7-8-5-6-12(22-8)9-3-1-2-4-11(9)17(20)21/h1-7H,(H2,15,16,18,19). The fourth-order valence-corrected chi connectivity index (χ4v) is 2.04. The number of carbonyl (C=O) groups is 2. The molecule has 0 spiro atoms. The topological polar surface area (TPSA) is 114 Å². The Morgan fingerprint density at radius 1 is 1.09 bits per heavy atom. The van der Waals surface area contributed by atoms with Crippen LogP contribution in [0.25, 0.3) is 17.4 Å². The fraction of sp³-hybridized carbons (Fsp3) is 0. The second kappa shape index (κ2) is 5.17. The lowest BCUT2D eigenvalue weighted by molar-refractivity contribution is -0.384. The van der Waals surface area contributed by atoms with Crippen molar-refractivity contribution in [3.8, 4) is 11.3 Å². The second-order valence-electron chi connectivity index (χ2n) is 4.44. The van der Waals surface area contributed by atoms with E-state index in [1.165, 1.54) is 12.1 Å². The quantitative estimate of drug-likeness (QED) is 0.389. The molecule has 0 unspecified atom stereocenters. The highest BCUT2D eigenvalue weighted by Crippen LogP contribution is 2.31. The number of nitro benzene ring substituents is 1. The van der Waals surface area contributed by atoms with Crippen LogP contribution in [0.4, 0.5) is 10.5 Å². The molecule has 1 fully saturated rings. The zero-order valence-electron chi connectivity index (χ0n) is 11.0. The summed E-state index contributed by atoms with van der Waals surface area (Å²) in [5.41, 5.74) is 0.300. The van der Waals surface area contributed by atoms with E-state index in [0.717, 1.165) is 0 Å². The number of hydrogen-bond acceptors (Lipinski definition) is 5. The number of benzene rings is 1. The van der Waals surface area contributed by atoms with Crippen LogP contribution in [0.5, 0.6) is 0 Å². The number of para-hydroxylation sites is 1. The zero-order chi connectivity index (χ0) is 15.7. The maximum absolute atomic E-state index is 11.4. The molecular weight excluding hydrogens is 290 g/mol. The average molecular weight is 299 g/mol. The predicted molar refractivity (Wildman–Crippen MR) is 75.4 cm³/mol. The van der Waals surface area contributed by atoms with Gasteiger partial charge in [-0.2, -0.15) is 0 Å². The number of rotatable bonds is 3. The lowest BCUT2D eigenvalue weighted by atomic mass is 10.1. The third kappa shape index (κ3) is 2.44. The SMILES string of the molecule is O=C1NC(=O)C(=Cc2ccc(-c3ccccc3[N+](=O)[O-])o2)N1. The van der Waals surface area contributed by atoms with Gasteiger partial charge in [-0.05, 0) is 18.2 Å². The van der Waals surface area contributed by atoms with Gasteiger partial charge >= 0.3 is 6.03 Å². The molecule has 1 saturated heterocycles. The summed E-state index contributed by atoms with van der Waals surface area (Å²) in [6, 6.07) is 8.67. The molecule has 8 heteroatoms. The lowest BCUT2D eigenvalue weighted by Gasteiger charge is -1.98. The normalized spacial score (nSPS) is 15.7. The number of furan rings is 1. The Morgan fingerprint density at radius 3 is 2.55 bits per heavy atom. The number of amides is 3. The first kappa shape index (κ1) is 13.6. The van der Waals surface area contributed by atoms with Crippen molar-refractivity contribution in [1.82, 2.24) is 10.6 Å². The molecule has 1 aromatic heterocycles. The first-order valence-electron chi connectivity index (χ1n) is 6.22. The van der Waals surface area contributed by atoms with Gasteiger partial charge in [0.15, 0.2) is 0 Å². The van der Waals surface area contributed by atoms with E-state index in [0.29, 0.717) is 17.1 Å². The number of urea groups is 1. The smallest absolute Gasteiger partial charge is 0.326 e. The van der Waals surface area contributed by atoms with Crippen LogP contribution in [-0.2, 0) is 4.79 Å². The Balaban J connectivity index is 1.95. The predicted octanol–water partition coefficient (Wildman–Crippen LogP) is 2.04. The summed E-state index contributed by atoms with van der Waals surface area (Å²) in [6.07, 6.45) is 1.35. The van der Waals surface area contributed by atoms with Crippen LogP contribution >= 0.6 is 0 Å². The Hall–Kier alpha value is -3.42. The first-order chi connectivity index (χ1) is 10.5. The highest BCUT2D eigenvalue weighted by atomic mass is 16.6. The summed E-state index contributed by atoms with van der Waals surface area (Å²) in [4.78, 5) is 32.9. The number of hydrogen-bond donors (Lipinski definition) is 2. The van der Waals surface area contributed by atoms with Crippen molar-refractivity contribution < 1.29 is 18.9 Å². The van der Waals surface area contributed by atoms with Crippen LogP contribution in [-0.4, -0.2) is 16.9 Å². The highest BCUT2D eigenvalue weighted by Gasteiger charge is 2.23. The summed E-state index contributed by atoms with van der Waals surface area (Å²) in [7, 11) is 0. The monoisotopic (exact) mass is 299 g/mol. The second-order valence-corrected chi connectivity index (χ2v) is 4.44. The van der Waals surface area contributed by atoms with Gasteiger partial charge in [0.1, 0.15) is 17.2 Å². The Bertz CT molecular complexity index is 821. The largest absolute Gasteiger partial charge is 0.456 e. The van der Waals surface area contributed by atoms with E-state index in [4.69, 9.17) is 4.42 Å². The molecule has 8 nitrogen and oxygen atoms in total. The van der Waals surface area contributed by atoms with E-state index in [1.54, 1.807) is 30.3 Å². The van der Waals surface area contributed by atoms with E-state index in [9.17, 15) is 19.7 Å². The molecule has 1 aromatic carbocycles. The number of nitrogens with one attached hydrogen (secondary N) is 2. The van der Waals surface area contributed by atoms with Gasteiger partial charge in [-0.25, -0.2) is 4.79 Å². The molecule has 0 aliphatic carbocycles. The molecule has 0 bridgehead atoms. The van der Waals surface area contributed by atoms with Crippen LogP contribution in [0.15, 0.2) is 46.5 Å². The number of carbonyl (C=O) groups excluding carboxylic acids is 2. The van der Waals surface area contributed by atoms with E-state index in [-0.39, 0.29) is 11.4 Å². The van der Waals surface area contributed by atoms with Gasteiger partial charge in [0.05, 0.1) is 10.5 Å². The van der Waals surface area contributed by atoms with Gasteiger partial charge in [-0.3, -0.25) is 20.2 Å². The molecule has 1 aliphatic heterocycles. The van der Waals surface area contributed by atoms with Gasteiger partial charge in [0.2, 0.25) is 0 Å². The van der Waals surface area contributed by atoms with Crippen LogP contribution in [0.2, 0.25) is 0 Å². The molecule has 2 N–H and O–H groups in total. The number of imide groups is 1. The number of nitro groups is 1. The van der Waals surface area contributed by atoms with E-state index >= 15 is 0 Å². The van der Waals surface area contributed by atoms with Crippen LogP contribution in [0, 0.1) is 10.1 Å². The Morgan fingerprint density at radius 2 is 1.86 bits per heavy atom. The molecule has 0 atom stereocenters. The summed E-state index contributed by atoms with van der Waals surface area (Å²) in [5.74, 6) is 0.0259. The summed E-state index contributed by atoms with van der Waals surface area (Å²) < 4.78 is 5.49. The molecule has 3 amide bonds.